The maximum atomic E-state index is 11.9. The van der Waals surface area contributed by atoms with Crippen molar-refractivity contribution >= 4 is 26.9 Å². The molecule has 1 aliphatic heterocycles. The molecule has 1 aromatic heterocycles. The molecule has 2 aromatic rings. The first-order chi connectivity index (χ1) is 10.5. The van der Waals surface area contributed by atoms with Crippen LogP contribution in [-0.4, -0.2) is 54.6 Å². The van der Waals surface area contributed by atoms with Gasteiger partial charge in [-0.1, -0.05) is 12.1 Å². The molecule has 6 nitrogen and oxygen atoms in total. The summed E-state index contributed by atoms with van der Waals surface area (Å²) in [5.74, 6) is 1.01. The minimum atomic E-state index is -3.10. The van der Waals surface area contributed by atoms with E-state index < -0.39 is 10.0 Å². The van der Waals surface area contributed by atoms with Crippen molar-refractivity contribution in [3.05, 3.63) is 30.0 Å². The Morgan fingerprint density at radius 2 is 1.64 bits per heavy atom. The van der Waals surface area contributed by atoms with Gasteiger partial charge in [0.25, 0.3) is 0 Å². The number of hydrogen-bond acceptors (Lipinski definition) is 5. The maximum Gasteiger partial charge on any atom is 0.213 e. The Kier molecular flexibility index (Phi) is 4.01. The van der Waals surface area contributed by atoms with Crippen LogP contribution in [0.15, 0.2) is 24.3 Å². The Hall–Kier alpha value is -1.73. The number of piperazine rings is 1. The fourth-order valence-corrected chi connectivity index (χ4v) is 3.82. The van der Waals surface area contributed by atoms with Gasteiger partial charge in [-0.05, 0) is 26.0 Å². The van der Waals surface area contributed by atoms with Crippen molar-refractivity contribution in [1.29, 1.82) is 0 Å². The van der Waals surface area contributed by atoms with Crippen LogP contribution in [0.4, 0.5) is 5.82 Å². The van der Waals surface area contributed by atoms with Crippen molar-refractivity contribution in [2.45, 2.75) is 13.8 Å². The largest absolute Gasteiger partial charge is 0.352 e. The molecule has 0 bridgehead atoms. The van der Waals surface area contributed by atoms with E-state index >= 15 is 0 Å². The Labute approximate surface area is 130 Å². The SMILES string of the molecule is CCS(=O)(=O)N1CCN(c2nc3ccccc3nc2C)CC1. The molecule has 7 heteroatoms. The molecule has 0 aliphatic carbocycles. The Morgan fingerprint density at radius 3 is 2.23 bits per heavy atom. The summed E-state index contributed by atoms with van der Waals surface area (Å²) >= 11 is 0. The molecule has 2 heterocycles. The van der Waals surface area contributed by atoms with Gasteiger partial charge in [0.05, 0.1) is 22.5 Å². The summed E-state index contributed by atoms with van der Waals surface area (Å²) in [4.78, 5) is 11.4. The Balaban J connectivity index is 1.83. The Morgan fingerprint density at radius 1 is 1.05 bits per heavy atom. The van der Waals surface area contributed by atoms with E-state index in [1.54, 1.807) is 11.2 Å². The third-order valence-electron chi connectivity index (χ3n) is 4.02. The molecule has 0 amide bonds. The summed E-state index contributed by atoms with van der Waals surface area (Å²) in [6, 6.07) is 7.79. The number of hydrogen-bond donors (Lipinski definition) is 0. The highest BCUT2D eigenvalue weighted by Crippen LogP contribution is 2.21. The van der Waals surface area contributed by atoms with E-state index in [2.05, 4.69) is 9.88 Å². The molecule has 0 spiro atoms. The van der Waals surface area contributed by atoms with Gasteiger partial charge < -0.3 is 4.90 Å². The van der Waals surface area contributed by atoms with E-state index in [1.165, 1.54) is 0 Å². The van der Waals surface area contributed by atoms with Crippen LogP contribution in [0.1, 0.15) is 12.6 Å². The first-order valence-electron chi connectivity index (χ1n) is 7.47. The predicted molar refractivity (Wildman–Crippen MR) is 87.5 cm³/mol. The van der Waals surface area contributed by atoms with Gasteiger partial charge >= 0.3 is 0 Å². The number of fused-ring (bicyclic) bond motifs is 1. The fourth-order valence-electron chi connectivity index (χ4n) is 2.74. The average Bonchev–Trinajstić information content (AvgIpc) is 2.54. The van der Waals surface area contributed by atoms with Crippen molar-refractivity contribution in [1.82, 2.24) is 14.3 Å². The summed E-state index contributed by atoms with van der Waals surface area (Å²) in [6.07, 6.45) is 0. The molecule has 0 radical (unpaired) electrons. The summed E-state index contributed by atoms with van der Waals surface area (Å²) in [5.41, 5.74) is 2.63. The Bertz CT molecular complexity index is 783. The van der Waals surface area contributed by atoms with Crippen LogP contribution in [0, 0.1) is 6.92 Å². The smallest absolute Gasteiger partial charge is 0.213 e. The number of aryl methyl sites for hydroxylation is 1. The molecular formula is C15H20N4O2S. The summed E-state index contributed by atoms with van der Waals surface area (Å²) in [6.45, 7) is 5.93. The van der Waals surface area contributed by atoms with Crippen molar-refractivity contribution < 1.29 is 8.42 Å². The highest BCUT2D eigenvalue weighted by atomic mass is 32.2. The van der Waals surface area contributed by atoms with Gasteiger partial charge in [0.2, 0.25) is 10.0 Å². The molecule has 1 fully saturated rings. The normalized spacial score (nSPS) is 17.1. The predicted octanol–water partition coefficient (Wildman–Crippen LogP) is 1.41. The van der Waals surface area contributed by atoms with Crippen LogP contribution in [0.5, 0.6) is 0 Å². The summed E-state index contributed by atoms with van der Waals surface area (Å²) in [7, 11) is -3.10. The quantitative estimate of drug-likeness (QED) is 0.855. The highest BCUT2D eigenvalue weighted by molar-refractivity contribution is 7.89. The van der Waals surface area contributed by atoms with Crippen molar-refractivity contribution in [3.63, 3.8) is 0 Å². The van der Waals surface area contributed by atoms with Gasteiger partial charge in [-0.25, -0.2) is 18.4 Å². The van der Waals surface area contributed by atoms with Gasteiger partial charge in [0.15, 0.2) is 5.82 Å². The number of aromatic nitrogens is 2. The van der Waals surface area contributed by atoms with Crippen LogP contribution >= 0.6 is 0 Å². The number of para-hydroxylation sites is 2. The van der Waals surface area contributed by atoms with Crippen molar-refractivity contribution in [3.8, 4) is 0 Å². The van der Waals surface area contributed by atoms with Crippen LogP contribution in [-0.2, 0) is 10.0 Å². The second kappa shape index (κ2) is 5.81. The second-order valence-corrected chi connectivity index (χ2v) is 7.67. The molecule has 0 saturated carbocycles. The van der Waals surface area contributed by atoms with Gasteiger partial charge in [-0.3, -0.25) is 0 Å². The van der Waals surface area contributed by atoms with E-state index in [0.29, 0.717) is 26.2 Å². The summed E-state index contributed by atoms with van der Waals surface area (Å²) in [5, 5.41) is 0. The lowest BCUT2D eigenvalue weighted by atomic mass is 10.2. The lowest BCUT2D eigenvalue weighted by Crippen LogP contribution is -2.49. The van der Waals surface area contributed by atoms with Crippen LogP contribution in [0.25, 0.3) is 11.0 Å². The highest BCUT2D eigenvalue weighted by Gasteiger charge is 2.26. The summed E-state index contributed by atoms with van der Waals surface area (Å²) < 4.78 is 25.4. The topological polar surface area (TPSA) is 66.4 Å². The van der Waals surface area contributed by atoms with E-state index in [1.807, 2.05) is 31.2 Å². The lowest BCUT2D eigenvalue weighted by molar-refractivity contribution is 0.384. The fraction of sp³-hybridized carbons (Fsp3) is 0.467. The molecule has 0 unspecified atom stereocenters. The zero-order chi connectivity index (χ0) is 15.7. The number of nitrogens with zero attached hydrogens (tertiary/aromatic N) is 4. The molecule has 1 aromatic carbocycles. The number of benzene rings is 1. The molecular weight excluding hydrogens is 300 g/mol. The van der Waals surface area contributed by atoms with Crippen molar-refractivity contribution in [2.75, 3.05) is 36.8 Å². The molecule has 3 rings (SSSR count). The molecule has 118 valence electrons. The van der Waals surface area contributed by atoms with Gasteiger partial charge in [0.1, 0.15) is 0 Å². The van der Waals surface area contributed by atoms with Gasteiger partial charge in [0, 0.05) is 26.2 Å². The second-order valence-electron chi connectivity index (χ2n) is 5.41. The first-order valence-corrected chi connectivity index (χ1v) is 9.08. The minimum absolute atomic E-state index is 0.155. The standard InChI is InChI=1S/C15H20N4O2S/c1-3-22(20,21)19-10-8-18(9-11-19)15-12(2)16-13-6-4-5-7-14(13)17-15/h4-7H,3,8-11H2,1-2H3. The molecule has 0 N–H and O–H groups in total. The van der Waals surface area contributed by atoms with Gasteiger partial charge in [-0.2, -0.15) is 4.31 Å². The monoisotopic (exact) mass is 320 g/mol. The third kappa shape index (κ3) is 2.78. The molecule has 1 aliphatic rings. The molecule has 1 saturated heterocycles. The van der Waals surface area contributed by atoms with Crippen LogP contribution < -0.4 is 4.90 Å². The van der Waals surface area contributed by atoms with Crippen molar-refractivity contribution in [2.24, 2.45) is 0 Å². The average molecular weight is 320 g/mol. The van der Waals surface area contributed by atoms with Gasteiger partial charge in [-0.15, -0.1) is 0 Å². The van der Waals surface area contributed by atoms with E-state index in [9.17, 15) is 8.42 Å². The number of rotatable bonds is 3. The minimum Gasteiger partial charge on any atom is -0.352 e. The zero-order valence-electron chi connectivity index (χ0n) is 12.9. The van der Waals surface area contributed by atoms with E-state index in [0.717, 1.165) is 22.5 Å². The maximum absolute atomic E-state index is 11.9. The molecule has 0 atom stereocenters. The number of anilines is 1. The van der Waals surface area contributed by atoms with E-state index in [-0.39, 0.29) is 5.75 Å². The molecule has 22 heavy (non-hydrogen) atoms. The zero-order valence-corrected chi connectivity index (χ0v) is 13.7. The lowest BCUT2D eigenvalue weighted by Gasteiger charge is -2.35. The third-order valence-corrected chi connectivity index (χ3v) is 5.90. The van der Waals surface area contributed by atoms with Crippen LogP contribution in [0.3, 0.4) is 0 Å². The number of sulfonamides is 1. The first kappa shape index (κ1) is 15.2. The van der Waals surface area contributed by atoms with Crippen LogP contribution in [0.2, 0.25) is 0 Å². The van der Waals surface area contributed by atoms with E-state index in [4.69, 9.17) is 4.98 Å².